The molecule has 0 aliphatic heterocycles. The molecule has 5 heteroatoms. The highest BCUT2D eigenvalue weighted by atomic mass is 15.1. The lowest BCUT2D eigenvalue weighted by atomic mass is 10.2. The summed E-state index contributed by atoms with van der Waals surface area (Å²) in [5, 5.41) is 17.2. The average Bonchev–Trinajstić information content (AvgIpc) is 2.79. The van der Waals surface area contributed by atoms with Crippen LogP contribution in [0.5, 0.6) is 0 Å². The minimum Gasteiger partial charge on any atom is -0.372 e. The SMILES string of the molecule is CCN(CC)c1ccc(C=Nc2ccc(N=Nc3ccc(C#N)cc3)cc2)cc1. The van der Waals surface area contributed by atoms with Crippen LogP contribution in [0.15, 0.2) is 88.0 Å². The Bertz CT molecular complexity index is 1010. The normalized spacial score (nSPS) is 11.1. The summed E-state index contributed by atoms with van der Waals surface area (Å²) in [6, 6.07) is 25.1. The van der Waals surface area contributed by atoms with Crippen LogP contribution >= 0.6 is 0 Å². The Morgan fingerprint density at radius 3 is 1.79 bits per heavy atom. The first kappa shape index (κ1) is 20.0. The number of aliphatic imine (C=N–C) groups is 1. The van der Waals surface area contributed by atoms with Gasteiger partial charge < -0.3 is 4.90 Å². The van der Waals surface area contributed by atoms with Crippen LogP contribution in [0.1, 0.15) is 25.0 Å². The van der Waals surface area contributed by atoms with Crippen LogP contribution in [0.4, 0.5) is 22.7 Å². The summed E-state index contributed by atoms with van der Waals surface area (Å²) in [6.07, 6.45) is 1.86. The van der Waals surface area contributed by atoms with Crippen LogP contribution in [0, 0.1) is 11.3 Å². The molecule has 0 amide bonds. The van der Waals surface area contributed by atoms with Gasteiger partial charge in [-0.1, -0.05) is 12.1 Å². The van der Waals surface area contributed by atoms with Crippen LogP contribution < -0.4 is 4.90 Å². The van der Waals surface area contributed by atoms with Crippen molar-refractivity contribution >= 4 is 29.0 Å². The second kappa shape index (κ2) is 9.95. The van der Waals surface area contributed by atoms with Crippen molar-refractivity contribution in [3.8, 4) is 6.07 Å². The predicted octanol–water partition coefficient (Wildman–Crippen LogP) is 6.57. The lowest BCUT2D eigenvalue weighted by molar-refractivity contribution is 0.866. The van der Waals surface area contributed by atoms with Crippen molar-refractivity contribution in [2.75, 3.05) is 18.0 Å². The molecule has 0 unspecified atom stereocenters. The number of benzene rings is 3. The van der Waals surface area contributed by atoms with E-state index in [2.05, 4.69) is 64.3 Å². The number of anilines is 1. The summed E-state index contributed by atoms with van der Waals surface area (Å²) < 4.78 is 0. The number of hydrogen-bond acceptors (Lipinski definition) is 5. The fourth-order valence-corrected chi connectivity index (χ4v) is 2.83. The van der Waals surface area contributed by atoms with Crippen LogP contribution in [0.2, 0.25) is 0 Å². The molecule has 0 aliphatic carbocycles. The molecule has 0 saturated heterocycles. The molecule has 0 radical (unpaired) electrons. The zero-order valence-corrected chi connectivity index (χ0v) is 16.7. The highest BCUT2D eigenvalue weighted by molar-refractivity contribution is 5.82. The van der Waals surface area contributed by atoms with Crippen molar-refractivity contribution in [1.29, 1.82) is 5.26 Å². The van der Waals surface area contributed by atoms with Crippen molar-refractivity contribution in [3.05, 3.63) is 83.9 Å². The van der Waals surface area contributed by atoms with Crippen molar-refractivity contribution in [1.82, 2.24) is 0 Å². The standard InChI is InChI=1S/C24H23N5/c1-3-29(4-2)24-15-7-20(8-16-24)18-26-21-11-13-23(14-12-21)28-27-22-9-5-19(17-25)6-10-22/h5-16,18H,3-4H2,1-2H3. The number of nitrogens with zero attached hydrogens (tertiary/aromatic N) is 5. The van der Waals surface area contributed by atoms with E-state index in [0.29, 0.717) is 11.3 Å². The highest BCUT2D eigenvalue weighted by Crippen LogP contribution is 2.22. The Hall–Kier alpha value is -3.78. The molecule has 29 heavy (non-hydrogen) atoms. The molecule has 0 spiro atoms. The molecule has 0 aliphatic rings. The Morgan fingerprint density at radius 2 is 1.28 bits per heavy atom. The average molecular weight is 381 g/mol. The number of nitriles is 1. The zero-order valence-electron chi connectivity index (χ0n) is 16.7. The van der Waals surface area contributed by atoms with Gasteiger partial charge in [0.2, 0.25) is 0 Å². The summed E-state index contributed by atoms with van der Waals surface area (Å²) in [7, 11) is 0. The van der Waals surface area contributed by atoms with Gasteiger partial charge in [0.15, 0.2) is 0 Å². The molecule has 0 N–H and O–H groups in total. The van der Waals surface area contributed by atoms with Crippen LogP contribution in [-0.4, -0.2) is 19.3 Å². The largest absolute Gasteiger partial charge is 0.372 e. The summed E-state index contributed by atoms with van der Waals surface area (Å²) >= 11 is 0. The van der Waals surface area contributed by atoms with Gasteiger partial charge in [0.1, 0.15) is 0 Å². The molecule has 144 valence electrons. The fourth-order valence-electron chi connectivity index (χ4n) is 2.83. The smallest absolute Gasteiger partial charge is 0.0991 e. The molecular formula is C24H23N5. The van der Waals surface area contributed by atoms with E-state index in [1.54, 1.807) is 24.3 Å². The van der Waals surface area contributed by atoms with Crippen molar-refractivity contribution in [2.45, 2.75) is 13.8 Å². The Morgan fingerprint density at radius 1 is 0.759 bits per heavy atom. The van der Waals surface area contributed by atoms with Gasteiger partial charge in [-0.15, -0.1) is 0 Å². The monoisotopic (exact) mass is 381 g/mol. The molecule has 3 rings (SSSR count). The molecule has 0 fully saturated rings. The lowest BCUT2D eigenvalue weighted by Gasteiger charge is -2.20. The number of azo groups is 1. The van der Waals surface area contributed by atoms with Gasteiger partial charge in [0.25, 0.3) is 0 Å². The van der Waals surface area contributed by atoms with Crippen molar-refractivity contribution in [2.24, 2.45) is 15.2 Å². The topological polar surface area (TPSA) is 64.1 Å². The number of rotatable bonds is 7. The fraction of sp³-hybridized carbons (Fsp3) is 0.167. The van der Waals surface area contributed by atoms with Crippen LogP contribution in [-0.2, 0) is 0 Å². The molecule has 3 aromatic rings. The molecule has 0 atom stereocenters. The third kappa shape index (κ3) is 5.60. The van der Waals surface area contributed by atoms with Gasteiger partial charge in [0.05, 0.1) is 28.7 Å². The minimum atomic E-state index is 0.605. The maximum Gasteiger partial charge on any atom is 0.0991 e. The second-order valence-corrected chi connectivity index (χ2v) is 6.40. The Kier molecular flexibility index (Phi) is 6.85. The Balaban J connectivity index is 1.62. The maximum atomic E-state index is 8.82. The van der Waals surface area contributed by atoms with E-state index >= 15 is 0 Å². The summed E-state index contributed by atoms with van der Waals surface area (Å²) in [5.74, 6) is 0. The van der Waals surface area contributed by atoms with Gasteiger partial charge in [-0.2, -0.15) is 15.5 Å². The Labute approximate surface area is 171 Å². The molecule has 0 saturated carbocycles. The zero-order chi connectivity index (χ0) is 20.5. The van der Waals surface area contributed by atoms with E-state index in [4.69, 9.17) is 5.26 Å². The van der Waals surface area contributed by atoms with Gasteiger partial charge in [-0.05, 0) is 80.1 Å². The molecule has 0 heterocycles. The first-order valence-electron chi connectivity index (χ1n) is 9.63. The molecular weight excluding hydrogens is 358 g/mol. The summed E-state index contributed by atoms with van der Waals surface area (Å²) in [4.78, 5) is 6.84. The van der Waals surface area contributed by atoms with E-state index in [9.17, 15) is 0 Å². The van der Waals surface area contributed by atoms with E-state index in [1.165, 1.54) is 5.69 Å². The lowest BCUT2D eigenvalue weighted by Crippen LogP contribution is -2.21. The first-order chi connectivity index (χ1) is 14.2. The second-order valence-electron chi connectivity index (χ2n) is 6.40. The van der Waals surface area contributed by atoms with Gasteiger partial charge in [-0.3, -0.25) is 4.99 Å². The van der Waals surface area contributed by atoms with Crippen LogP contribution in [0.25, 0.3) is 0 Å². The predicted molar refractivity (Wildman–Crippen MR) is 119 cm³/mol. The van der Waals surface area contributed by atoms with E-state index < -0.39 is 0 Å². The third-order valence-corrected chi connectivity index (χ3v) is 4.51. The van der Waals surface area contributed by atoms with Gasteiger partial charge in [0, 0.05) is 25.0 Å². The van der Waals surface area contributed by atoms with Crippen molar-refractivity contribution < 1.29 is 0 Å². The van der Waals surface area contributed by atoms with E-state index in [1.807, 2.05) is 30.5 Å². The molecule has 5 nitrogen and oxygen atoms in total. The maximum absolute atomic E-state index is 8.82. The summed E-state index contributed by atoms with van der Waals surface area (Å²) in [6.45, 7) is 6.32. The quantitative estimate of drug-likeness (QED) is 0.343. The first-order valence-corrected chi connectivity index (χ1v) is 9.63. The minimum absolute atomic E-state index is 0.605. The number of hydrogen-bond donors (Lipinski definition) is 0. The summed E-state index contributed by atoms with van der Waals surface area (Å²) in [5.41, 5.74) is 5.20. The van der Waals surface area contributed by atoms with Crippen molar-refractivity contribution in [3.63, 3.8) is 0 Å². The molecule has 0 bridgehead atoms. The van der Waals surface area contributed by atoms with E-state index in [0.717, 1.165) is 30.0 Å². The van der Waals surface area contributed by atoms with Gasteiger partial charge >= 0.3 is 0 Å². The van der Waals surface area contributed by atoms with E-state index in [-0.39, 0.29) is 0 Å². The third-order valence-electron chi connectivity index (χ3n) is 4.51. The molecule has 3 aromatic carbocycles. The highest BCUT2D eigenvalue weighted by Gasteiger charge is 2.00. The van der Waals surface area contributed by atoms with Crippen LogP contribution in [0.3, 0.4) is 0 Å². The molecule has 0 aromatic heterocycles. The van der Waals surface area contributed by atoms with Gasteiger partial charge in [-0.25, -0.2) is 0 Å².